The molecule has 2 aromatic carbocycles. The van der Waals surface area contributed by atoms with Crippen LogP contribution in [0.2, 0.25) is 0 Å². The fourth-order valence-electron chi connectivity index (χ4n) is 3.79. The van der Waals surface area contributed by atoms with Gasteiger partial charge in [0.25, 0.3) is 5.56 Å². The van der Waals surface area contributed by atoms with Crippen LogP contribution in [0.5, 0.6) is 11.5 Å². The summed E-state index contributed by atoms with van der Waals surface area (Å²) in [5.74, 6) is 2.61. The molecule has 6 rings (SSSR count). The molecule has 0 saturated heterocycles. The molecule has 0 radical (unpaired) electrons. The quantitative estimate of drug-likeness (QED) is 0.433. The number of rotatable bonds is 4. The number of hydrogen-bond acceptors (Lipinski definition) is 6. The first kappa shape index (κ1) is 18.4. The smallest absolute Gasteiger partial charge is 0.276 e. The third kappa shape index (κ3) is 3.04. The molecule has 0 spiro atoms. The molecule has 5 aromatic rings. The lowest BCUT2D eigenvalue weighted by atomic mass is 10.1. The largest absolute Gasteiger partial charge is 0.454 e. The predicted molar refractivity (Wildman–Crippen MR) is 117 cm³/mol. The normalized spacial score (nSPS) is 12.5. The van der Waals surface area contributed by atoms with Crippen LogP contribution in [-0.4, -0.2) is 26.0 Å². The van der Waals surface area contributed by atoms with Crippen molar-refractivity contribution >= 4 is 5.52 Å². The number of ether oxygens (including phenoxy) is 2. The lowest BCUT2D eigenvalue weighted by Crippen LogP contribution is -2.22. The third-order valence-electron chi connectivity index (χ3n) is 5.51. The van der Waals surface area contributed by atoms with Gasteiger partial charge in [-0.2, -0.15) is 5.10 Å². The first-order valence-corrected chi connectivity index (χ1v) is 10.2. The standard InChI is InChI=1S/C24H18N4O4/c1-15-19(25-23(32-15)16-5-3-2-4-6-16)13-27-9-10-28-20(24(27)29)12-18(26-28)17-7-8-21-22(11-17)31-14-30-21/h2-12H,13-14H2,1H3. The maximum absolute atomic E-state index is 13.2. The average molecular weight is 426 g/mol. The molecule has 0 unspecified atom stereocenters. The van der Waals surface area contributed by atoms with E-state index in [-0.39, 0.29) is 12.4 Å². The molecule has 0 bridgehead atoms. The molecular weight excluding hydrogens is 408 g/mol. The second-order valence-electron chi connectivity index (χ2n) is 7.55. The molecule has 0 N–H and O–H groups in total. The van der Waals surface area contributed by atoms with E-state index in [9.17, 15) is 4.79 Å². The molecule has 1 aliphatic heterocycles. The highest BCUT2D eigenvalue weighted by atomic mass is 16.7. The molecular formula is C24H18N4O4. The van der Waals surface area contributed by atoms with Crippen molar-refractivity contribution in [1.82, 2.24) is 19.2 Å². The van der Waals surface area contributed by atoms with Gasteiger partial charge in [0, 0.05) is 23.5 Å². The second-order valence-corrected chi connectivity index (χ2v) is 7.55. The summed E-state index contributed by atoms with van der Waals surface area (Å²) < 4.78 is 19.8. The van der Waals surface area contributed by atoms with Crippen molar-refractivity contribution in [3.63, 3.8) is 0 Å². The zero-order chi connectivity index (χ0) is 21.7. The van der Waals surface area contributed by atoms with E-state index < -0.39 is 0 Å². The van der Waals surface area contributed by atoms with Gasteiger partial charge in [0.1, 0.15) is 17.0 Å². The van der Waals surface area contributed by atoms with E-state index in [1.807, 2.05) is 55.5 Å². The molecule has 8 nitrogen and oxygen atoms in total. The van der Waals surface area contributed by atoms with Gasteiger partial charge in [0.05, 0.1) is 12.2 Å². The highest BCUT2D eigenvalue weighted by Crippen LogP contribution is 2.35. The van der Waals surface area contributed by atoms with Crippen LogP contribution in [0.1, 0.15) is 11.5 Å². The fourth-order valence-corrected chi connectivity index (χ4v) is 3.79. The van der Waals surface area contributed by atoms with Crippen LogP contribution in [0, 0.1) is 6.92 Å². The minimum Gasteiger partial charge on any atom is -0.454 e. The Labute approximate surface area is 182 Å². The van der Waals surface area contributed by atoms with E-state index in [0.717, 1.165) is 11.1 Å². The maximum atomic E-state index is 13.2. The Hall–Kier alpha value is -4.33. The predicted octanol–water partition coefficient (Wildman–Crippen LogP) is 3.90. The zero-order valence-electron chi connectivity index (χ0n) is 17.2. The minimum absolute atomic E-state index is 0.157. The lowest BCUT2D eigenvalue weighted by Gasteiger charge is -2.03. The molecule has 0 saturated carbocycles. The number of nitrogens with zero attached hydrogens (tertiary/aromatic N) is 4. The molecule has 8 heteroatoms. The number of fused-ring (bicyclic) bond motifs is 2. The van der Waals surface area contributed by atoms with Gasteiger partial charge in [0.2, 0.25) is 12.7 Å². The zero-order valence-corrected chi connectivity index (χ0v) is 17.2. The Bertz CT molecular complexity index is 1510. The molecule has 1 aliphatic rings. The van der Waals surface area contributed by atoms with Gasteiger partial charge < -0.3 is 18.5 Å². The number of aromatic nitrogens is 4. The number of aryl methyl sites for hydroxylation is 1. The van der Waals surface area contributed by atoms with E-state index in [0.29, 0.717) is 46.6 Å². The maximum Gasteiger partial charge on any atom is 0.276 e. The van der Waals surface area contributed by atoms with E-state index in [4.69, 9.17) is 13.9 Å². The molecule has 0 amide bonds. The number of benzene rings is 2. The van der Waals surface area contributed by atoms with Gasteiger partial charge in [-0.1, -0.05) is 18.2 Å². The van der Waals surface area contributed by atoms with E-state index in [2.05, 4.69) is 10.1 Å². The Balaban J connectivity index is 1.34. The van der Waals surface area contributed by atoms with Crippen LogP contribution in [0.25, 0.3) is 28.2 Å². The average Bonchev–Trinajstić information content (AvgIpc) is 3.54. The van der Waals surface area contributed by atoms with Gasteiger partial charge in [-0.25, -0.2) is 9.50 Å². The van der Waals surface area contributed by atoms with Crippen LogP contribution < -0.4 is 15.0 Å². The van der Waals surface area contributed by atoms with Crippen molar-refractivity contribution in [3.05, 3.63) is 88.8 Å². The number of oxazole rings is 1. The lowest BCUT2D eigenvalue weighted by molar-refractivity contribution is 0.174. The van der Waals surface area contributed by atoms with E-state index in [1.54, 1.807) is 27.5 Å². The molecule has 4 heterocycles. The van der Waals surface area contributed by atoms with Crippen LogP contribution in [0.3, 0.4) is 0 Å². The topological polar surface area (TPSA) is 83.8 Å². The Morgan fingerprint density at radius 1 is 0.969 bits per heavy atom. The van der Waals surface area contributed by atoms with E-state index in [1.165, 1.54) is 0 Å². The van der Waals surface area contributed by atoms with Gasteiger partial charge in [-0.3, -0.25) is 4.79 Å². The van der Waals surface area contributed by atoms with Crippen molar-refractivity contribution in [2.45, 2.75) is 13.5 Å². The third-order valence-corrected chi connectivity index (χ3v) is 5.51. The molecule has 0 fully saturated rings. The van der Waals surface area contributed by atoms with Crippen molar-refractivity contribution < 1.29 is 13.9 Å². The van der Waals surface area contributed by atoms with Crippen LogP contribution in [0.15, 0.2) is 76.2 Å². The Morgan fingerprint density at radius 2 is 1.81 bits per heavy atom. The first-order chi connectivity index (χ1) is 15.7. The van der Waals surface area contributed by atoms with E-state index >= 15 is 0 Å². The monoisotopic (exact) mass is 426 g/mol. The van der Waals surface area contributed by atoms with Crippen molar-refractivity contribution in [2.75, 3.05) is 6.79 Å². The summed E-state index contributed by atoms with van der Waals surface area (Å²) in [5.41, 5.74) is 3.46. The summed E-state index contributed by atoms with van der Waals surface area (Å²) in [4.78, 5) is 17.8. The summed E-state index contributed by atoms with van der Waals surface area (Å²) in [6.45, 7) is 2.37. The van der Waals surface area contributed by atoms with Crippen LogP contribution in [0.4, 0.5) is 0 Å². The number of hydrogen-bond donors (Lipinski definition) is 0. The fraction of sp³-hybridized carbons (Fsp3) is 0.125. The summed E-state index contributed by atoms with van der Waals surface area (Å²) in [6, 6.07) is 17.1. The minimum atomic E-state index is -0.157. The summed E-state index contributed by atoms with van der Waals surface area (Å²) in [5, 5.41) is 4.55. The summed E-state index contributed by atoms with van der Waals surface area (Å²) in [7, 11) is 0. The second kappa shape index (κ2) is 7.12. The first-order valence-electron chi connectivity index (χ1n) is 10.2. The molecule has 32 heavy (non-hydrogen) atoms. The van der Waals surface area contributed by atoms with Crippen LogP contribution in [-0.2, 0) is 6.54 Å². The molecule has 0 atom stereocenters. The SMILES string of the molecule is Cc1oc(-c2ccccc2)nc1Cn1ccn2nc(-c3ccc4c(c3)OCO4)cc2c1=O. The summed E-state index contributed by atoms with van der Waals surface area (Å²) in [6.07, 6.45) is 3.48. The highest BCUT2D eigenvalue weighted by Gasteiger charge is 2.17. The van der Waals surface area contributed by atoms with Gasteiger partial charge >= 0.3 is 0 Å². The molecule has 0 aliphatic carbocycles. The van der Waals surface area contributed by atoms with Crippen molar-refractivity contribution in [2.24, 2.45) is 0 Å². The summed E-state index contributed by atoms with van der Waals surface area (Å²) >= 11 is 0. The Kier molecular flexibility index (Phi) is 4.10. The van der Waals surface area contributed by atoms with Crippen molar-refractivity contribution in [1.29, 1.82) is 0 Å². The highest BCUT2D eigenvalue weighted by molar-refractivity contribution is 5.68. The van der Waals surface area contributed by atoms with Gasteiger partial charge in [-0.15, -0.1) is 0 Å². The van der Waals surface area contributed by atoms with Gasteiger partial charge in [-0.05, 0) is 43.3 Å². The van der Waals surface area contributed by atoms with Gasteiger partial charge in [0.15, 0.2) is 11.5 Å². The molecule has 158 valence electrons. The van der Waals surface area contributed by atoms with Crippen LogP contribution >= 0.6 is 0 Å². The van der Waals surface area contributed by atoms with Crippen molar-refractivity contribution in [3.8, 4) is 34.2 Å². The molecule has 3 aromatic heterocycles. The Morgan fingerprint density at radius 3 is 2.69 bits per heavy atom.